The number of nitrogens with zero attached hydrogens (tertiary/aromatic N) is 2. The minimum atomic E-state index is -1.37. The van der Waals surface area contributed by atoms with Gasteiger partial charge in [0.1, 0.15) is 23.7 Å². The summed E-state index contributed by atoms with van der Waals surface area (Å²) in [5, 5.41) is 13.7. The Labute approximate surface area is 277 Å². The summed E-state index contributed by atoms with van der Waals surface area (Å²) >= 11 is 0. The van der Waals surface area contributed by atoms with Gasteiger partial charge < -0.3 is 29.7 Å². The maximum absolute atomic E-state index is 15.0. The van der Waals surface area contributed by atoms with Gasteiger partial charge in [0.15, 0.2) is 0 Å². The van der Waals surface area contributed by atoms with Crippen molar-refractivity contribution in [2.24, 2.45) is 17.8 Å². The predicted molar refractivity (Wildman–Crippen MR) is 175 cm³/mol. The van der Waals surface area contributed by atoms with Gasteiger partial charge in [0.05, 0.1) is 30.7 Å². The molecule has 9 atom stereocenters. The van der Waals surface area contributed by atoms with Crippen molar-refractivity contribution in [2.75, 3.05) is 13.2 Å². The van der Waals surface area contributed by atoms with Gasteiger partial charge in [-0.1, -0.05) is 94.2 Å². The first-order chi connectivity index (χ1) is 22.7. The molecular formula is C37H49N3O7. The topological polar surface area (TPSA) is 125 Å². The van der Waals surface area contributed by atoms with E-state index in [1.54, 1.807) is 11.0 Å². The molecule has 0 radical (unpaired) electrons. The highest BCUT2D eigenvalue weighted by Crippen LogP contribution is 2.57. The van der Waals surface area contributed by atoms with Gasteiger partial charge in [-0.15, -0.1) is 0 Å². The van der Waals surface area contributed by atoms with E-state index >= 15 is 4.79 Å². The second-order valence-corrected chi connectivity index (χ2v) is 14.0. The number of cyclic esters (lactones) is 1. The number of allylic oxidation sites excluding steroid dienone is 1. The molecular weight excluding hydrogens is 598 g/mol. The molecule has 0 aromatic heterocycles. The lowest BCUT2D eigenvalue weighted by molar-refractivity contribution is -0.162. The normalized spacial score (nSPS) is 35.4. The fraction of sp³-hybridized carbons (Fsp3) is 0.622. The van der Waals surface area contributed by atoms with Crippen LogP contribution in [0.2, 0.25) is 0 Å². The molecule has 4 aliphatic heterocycles. The number of nitrogens with one attached hydrogen (secondary N) is 1. The Morgan fingerprint density at radius 3 is 2.49 bits per heavy atom. The molecule has 1 saturated carbocycles. The fourth-order valence-electron chi connectivity index (χ4n) is 8.52. The van der Waals surface area contributed by atoms with Crippen LogP contribution in [0.3, 0.4) is 0 Å². The van der Waals surface area contributed by atoms with Crippen molar-refractivity contribution < 1.29 is 33.8 Å². The molecule has 1 spiro atoms. The van der Waals surface area contributed by atoms with Crippen molar-refractivity contribution in [3.8, 4) is 0 Å². The molecule has 4 heterocycles. The Balaban J connectivity index is 1.45. The third-order valence-electron chi connectivity index (χ3n) is 11.2. The van der Waals surface area contributed by atoms with E-state index in [4.69, 9.17) is 9.47 Å². The van der Waals surface area contributed by atoms with Crippen LogP contribution in [0.5, 0.6) is 0 Å². The number of aliphatic hydroxyl groups excluding tert-OH is 1. The van der Waals surface area contributed by atoms with Gasteiger partial charge >= 0.3 is 5.97 Å². The van der Waals surface area contributed by atoms with E-state index < -0.39 is 53.7 Å². The summed E-state index contributed by atoms with van der Waals surface area (Å²) in [6.07, 6.45) is 12.2. The number of carbonyl (C=O) groups is 4. The van der Waals surface area contributed by atoms with Crippen LogP contribution >= 0.6 is 0 Å². The smallest absolute Gasteiger partial charge is 0.313 e. The Hall–Kier alpha value is -3.50. The van der Waals surface area contributed by atoms with Gasteiger partial charge in [0, 0.05) is 19.0 Å². The minimum Gasteiger partial charge on any atom is -0.455 e. The van der Waals surface area contributed by atoms with Gasteiger partial charge in [-0.3, -0.25) is 19.2 Å². The number of ether oxygens (including phenoxy) is 2. The van der Waals surface area contributed by atoms with Crippen LogP contribution in [0.1, 0.15) is 83.8 Å². The van der Waals surface area contributed by atoms with Crippen LogP contribution in [0, 0.1) is 17.8 Å². The fourth-order valence-corrected chi connectivity index (χ4v) is 8.52. The monoisotopic (exact) mass is 647 g/mol. The number of likely N-dealkylation sites (tertiary alicyclic amines) is 1. The summed E-state index contributed by atoms with van der Waals surface area (Å²) in [6.45, 7) is 5.80. The van der Waals surface area contributed by atoms with Crippen LogP contribution in [-0.2, 0) is 28.7 Å². The number of rotatable bonds is 6. The first-order valence-electron chi connectivity index (χ1n) is 17.5. The molecule has 1 aliphatic carbocycles. The lowest BCUT2D eigenvalue weighted by atomic mass is 9.74. The third-order valence-corrected chi connectivity index (χ3v) is 11.2. The number of hydrogen-bond donors (Lipinski definition) is 2. The van der Waals surface area contributed by atoms with E-state index in [-0.39, 0.29) is 42.7 Å². The highest BCUT2D eigenvalue weighted by Gasteiger charge is 2.74. The highest BCUT2D eigenvalue weighted by molar-refractivity contribution is 5.99. The molecule has 47 heavy (non-hydrogen) atoms. The van der Waals surface area contributed by atoms with Crippen LogP contribution in [-0.4, -0.2) is 87.6 Å². The van der Waals surface area contributed by atoms with Gasteiger partial charge in [-0.05, 0) is 37.7 Å². The van der Waals surface area contributed by atoms with Crippen LogP contribution in [0.25, 0.3) is 0 Å². The molecule has 3 amide bonds. The Morgan fingerprint density at radius 1 is 1.04 bits per heavy atom. The second-order valence-electron chi connectivity index (χ2n) is 14.0. The first kappa shape index (κ1) is 33.4. The summed E-state index contributed by atoms with van der Waals surface area (Å²) in [5.41, 5.74) is -0.649. The summed E-state index contributed by atoms with van der Waals surface area (Å²) in [7, 11) is 0. The molecule has 3 fully saturated rings. The number of hydrogen-bond acceptors (Lipinski definition) is 7. The molecule has 0 unspecified atom stereocenters. The average molecular weight is 648 g/mol. The van der Waals surface area contributed by atoms with Gasteiger partial charge in [-0.2, -0.15) is 0 Å². The van der Waals surface area contributed by atoms with Crippen LogP contribution < -0.4 is 5.32 Å². The lowest BCUT2D eigenvalue weighted by Gasteiger charge is -2.43. The van der Waals surface area contributed by atoms with Crippen molar-refractivity contribution in [3.05, 3.63) is 60.2 Å². The SMILES string of the molecule is CC[C@H](C)[C@H](CO)N1C(=O)[C@@H]2[C@H]3C(=O)O[C@@H](c4ccccc4)[C@H](C)NC(=O)CC/C=C\CN(C4CCCCC4)C(=O)[C@@H]1[C@]21C=C[C@H]3O1. The largest absolute Gasteiger partial charge is 0.455 e. The van der Waals surface area contributed by atoms with E-state index in [2.05, 4.69) is 5.32 Å². The third kappa shape index (κ3) is 6.03. The number of aliphatic hydroxyl groups is 1. The molecule has 1 aromatic carbocycles. The molecule has 10 heteroatoms. The molecule has 2 N–H and O–H groups in total. The number of amides is 3. The standard InChI is InChI=1S/C37H49N3O7/c1-4-23(2)27(22-41)40-33-35(44)39(26-16-10-6-11-17-26)21-13-7-12-18-29(42)38-24(3)32(25-14-8-5-9-15-25)46-36(45)30-28-19-20-37(33,47-28)31(30)34(40)43/h5,7-9,13-15,19-20,23-24,26-28,30-33,41H,4,6,10-12,16-18,21-22H2,1-3H3,(H,38,42)/b13-7-/t23-,24-,27-,28+,30-,31-,32+,33+,37-/m0/s1. The molecule has 1 aromatic rings. The summed E-state index contributed by atoms with van der Waals surface area (Å²) in [4.78, 5) is 60.5. The molecule has 2 saturated heterocycles. The summed E-state index contributed by atoms with van der Waals surface area (Å²) < 4.78 is 12.9. The minimum absolute atomic E-state index is 0.00863. The average Bonchev–Trinajstić information content (AvgIpc) is 3.73. The molecule has 5 bridgehead atoms. The quantitative estimate of drug-likeness (QED) is 0.355. The van der Waals surface area contributed by atoms with E-state index in [0.717, 1.165) is 32.1 Å². The predicted octanol–water partition coefficient (Wildman–Crippen LogP) is 3.84. The number of fused-ring (bicyclic) bond motifs is 2. The number of carbonyl (C=O) groups excluding carboxylic acids is 4. The van der Waals surface area contributed by atoms with Gasteiger partial charge in [0.2, 0.25) is 17.7 Å². The molecule has 254 valence electrons. The number of esters is 1. The maximum atomic E-state index is 15.0. The molecule has 6 rings (SSSR count). The number of benzene rings is 1. The lowest BCUT2D eigenvalue weighted by Crippen LogP contribution is -2.61. The highest BCUT2D eigenvalue weighted by atomic mass is 16.6. The zero-order valence-corrected chi connectivity index (χ0v) is 27.8. The van der Waals surface area contributed by atoms with E-state index in [9.17, 15) is 19.5 Å². The van der Waals surface area contributed by atoms with Crippen molar-refractivity contribution in [1.82, 2.24) is 15.1 Å². The van der Waals surface area contributed by atoms with Gasteiger partial charge in [-0.25, -0.2) is 0 Å². The van der Waals surface area contributed by atoms with E-state index in [0.29, 0.717) is 24.9 Å². The van der Waals surface area contributed by atoms with Crippen LogP contribution in [0.15, 0.2) is 54.6 Å². The Morgan fingerprint density at radius 2 is 1.79 bits per heavy atom. The molecule has 5 aliphatic rings. The van der Waals surface area contributed by atoms with Crippen molar-refractivity contribution in [3.63, 3.8) is 0 Å². The summed E-state index contributed by atoms with van der Waals surface area (Å²) in [6, 6.07) is 7.03. The summed E-state index contributed by atoms with van der Waals surface area (Å²) in [5.74, 6) is -3.45. The van der Waals surface area contributed by atoms with Crippen LogP contribution in [0.4, 0.5) is 0 Å². The Bertz CT molecular complexity index is 1390. The van der Waals surface area contributed by atoms with Crippen molar-refractivity contribution in [1.29, 1.82) is 0 Å². The van der Waals surface area contributed by atoms with Gasteiger partial charge in [0.25, 0.3) is 0 Å². The second kappa shape index (κ2) is 13.9. The van der Waals surface area contributed by atoms with Crippen molar-refractivity contribution >= 4 is 23.7 Å². The van der Waals surface area contributed by atoms with E-state index in [1.165, 1.54) is 0 Å². The zero-order chi connectivity index (χ0) is 33.3. The Kier molecular flexibility index (Phi) is 9.90. The van der Waals surface area contributed by atoms with E-state index in [1.807, 2.05) is 74.2 Å². The zero-order valence-electron chi connectivity index (χ0n) is 27.8. The maximum Gasteiger partial charge on any atom is 0.313 e. The van der Waals surface area contributed by atoms with Crippen molar-refractivity contribution in [2.45, 2.75) is 114 Å². The molecule has 10 nitrogen and oxygen atoms in total. The first-order valence-corrected chi connectivity index (χ1v) is 17.5.